The van der Waals surface area contributed by atoms with Gasteiger partial charge < -0.3 is 20.6 Å². The number of halogens is 2. The Morgan fingerprint density at radius 2 is 1.97 bits per heavy atom. The maximum Gasteiger partial charge on any atom is 0.336 e. The van der Waals surface area contributed by atoms with E-state index in [0.29, 0.717) is 30.9 Å². The van der Waals surface area contributed by atoms with E-state index in [0.717, 1.165) is 6.42 Å². The summed E-state index contributed by atoms with van der Waals surface area (Å²) in [6.45, 7) is 6.64. The average molecular weight is 515 g/mol. The van der Waals surface area contributed by atoms with Gasteiger partial charge in [-0.2, -0.15) is 0 Å². The number of aliphatic hydroxyl groups is 2. The van der Waals surface area contributed by atoms with Gasteiger partial charge in [0.15, 0.2) is 12.1 Å². The fourth-order valence-corrected chi connectivity index (χ4v) is 3.94. The van der Waals surface area contributed by atoms with Crippen LogP contribution in [0.25, 0.3) is 0 Å². The van der Waals surface area contributed by atoms with E-state index in [1.54, 1.807) is 0 Å². The largest absolute Gasteiger partial charge is 0.481 e. The van der Waals surface area contributed by atoms with E-state index >= 15 is 0 Å². The number of aldehydes is 1. The van der Waals surface area contributed by atoms with Gasteiger partial charge >= 0.3 is 11.9 Å². The minimum absolute atomic E-state index is 0.140. The first-order valence-corrected chi connectivity index (χ1v) is 12.0. The molecule has 0 aliphatic heterocycles. The minimum Gasteiger partial charge on any atom is -0.481 e. The predicted octanol–water partition coefficient (Wildman–Crippen LogP) is 0.999. The molecule has 0 saturated carbocycles. The summed E-state index contributed by atoms with van der Waals surface area (Å²) in [5, 5.41) is 35.4. The fourth-order valence-electron chi connectivity index (χ4n) is 3.94. The fraction of sp³-hybridized carbons (Fsp3) is 0.600. The van der Waals surface area contributed by atoms with Gasteiger partial charge in [-0.05, 0) is 37.5 Å². The molecule has 0 saturated heterocycles. The second-order valence-electron chi connectivity index (χ2n) is 8.92. The molecule has 6 N–H and O–H groups in total. The number of nitrogens with one attached hydrogen (secondary N) is 3. The highest BCUT2D eigenvalue weighted by Gasteiger charge is 2.41. The molecule has 0 radical (unpaired) electrons. The summed E-state index contributed by atoms with van der Waals surface area (Å²) in [7, 11) is 1.53. The summed E-state index contributed by atoms with van der Waals surface area (Å²) in [5.41, 5.74) is 0.579. The topological polar surface area (TPSA) is 150 Å². The predicted molar refractivity (Wildman–Crippen MR) is 130 cm³/mol. The SMILES string of the molecule is C=CC(F)(F)C1CC(C(O)N[C@@H](C)C(=O)C[C@@H](CCCC)C(O)=[NH+]C(C=O)CC(=O)O)=CC=C1NC. The quantitative estimate of drug-likeness (QED) is 0.0553. The molecule has 0 heterocycles. The van der Waals surface area contributed by atoms with Gasteiger partial charge in [-0.25, -0.2) is 13.8 Å². The van der Waals surface area contributed by atoms with E-state index in [1.165, 1.54) is 26.1 Å². The molecule has 0 amide bonds. The molecule has 202 valence electrons. The van der Waals surface area contributed by atoms with Gasteiger partial charge in [0.1, 0.15) is 12.6 Å². The standard InChI is InChI=1S/C25H37F2N3O6/c1-5-7-8-16(24(36)30-18(14-31)13-22(33)34)12-21(32)15(3)29-23(35)17-9-10-20(28-4)19(11-17)25(26,27)6-2/h6,9-10,14-16,18-19,23,28-29,35H,2,5,7-8,11-13H2,1,3-4H3,(H,30,36)(H,33,34)/p+1/t15-,16+,18?,19?,23?/m0/s1. The van der Waals surface area contributed by atoms with Crippen LogP contribution in [0.2, 0.25) is 0 Å². The molecule has 0 aromatic rings. The summed E-state index contributed by atoms with van der Waals surface area (Å²) in [6.07, 6.45) is 3.59. The molecule has 0 bridgehead atoms. The van der Waals surface area contributed by atoms with E-state index in [2.05, 4.69) is 22.2 Å². The number of rotatable bonds is 17. The number of unbranched alkanes of at least 4 members (excludes halogenated alkanes) is 1. The molecular weight excluding hydrogens is 476 g/mol. The maximum atomic E-state index is 14.3. The average Bonchev–Trinajstić information content (AvgIpc) is 2.84. The first kappa shape index (κ1) is 31.1. The second kappa shape index (κ2) is 14.6. The first-order valence-electron chi connectivity index (χ1n) is 12.0. The van der Waals surface area contributed by atoms with Crippen LogP contribution in [-0.4, -0.2) is 70.5 Å². The Hall–Kier alpha value is -2.92. The van der Waals surface area contributed by atoms with Crippen molar-refractivity contribution in [1.29, 1.82) is 0 Å². The Bertz CT molecular complexity index is 887. The molecule has 11 heteroatoms. The third-order valence-electron chi connectivity index (χ3n) is 6.19. The number of carbonyl (C=O) groups excluding carboxylic acids is 2. The lowest BCUT2D eigenvalue weighted by Crippen LogP contribution is -2.82. The summed E-state index contributed by atoms with van der Waals surface area (Å²) in [5.74, 6) is -7.06. The third-order valence-corrected chi connectivity index (χ3v) is 6.19. The van der Waals surface area contributed by atoms with Crippen molar-refractivity contribution in [1.82, 2.24) is 10.6 Å². The molecule has 0 fully saturated rings. The van der Waals surface area contributed by atoms with Crippen molar-refractivity contribution in [3.63, 3.8) is 0 Å². The first-order chi connectivity index (χ1) is 16.9. The number of aliphatic hydroxyl groups excluding tert-OH is 2. The number of hydrogen-bond acceptors (Lipinski definition) is 6. The van der Waals surface area contributed by atoms with Crippen LogP contribution in [0.5, 0.6) is 0 Å². The Balaban J connectivity index is 2.93. The van der Waals surface area contributed by atoms with E-state index < -0.39 is 48.5 Å². The Kier molecular flexibility index (Phi) is 12.6. The lowest BCUT2D eigenvalue weighted by Gasteiger charge is -2.32. The van der Waals surface area contributed by atoms with Gasteiger partial charge in [0, 0.05) is 19.2 Å². The lowest BCUT2D eigenvalue weighted by molar-refractivity contribution is -0.495. The minimum atomic E-state index is -3.21. The van der Waals surface area contributed by atoms with Crippen molar-refractivity contribution in [2.45, 2.75) is 76.6 Å². The molecule has 1 aliphatic rings. The summed E-state index contributed by atoms with van der Waals surface area (Å²) in [4.78, 5) is 37.4. The lowest BCUT2D eigenvalue weighted by atomic mass is 9.85. The Labute approximate surface area is 210 Å². The number of aliphatic carboxylic acids is 1. The highest BCUT2D eigenvalue weighted by molar-refractivity contribution is 5.87. The molecule has 0 aromatic heterocycles. The summed E-state index contributed by atoms with van der Waals surface area (Å²) in [6, 6.07) is -2.03. The third kappa shape index (κ3) is 9.27. The van der Waals surface area contributed by atoms with Crippen LogP contribution in [-0.2, 0) is 14.4 Å². The number of ketones is 1. The van der Waals surface area contributed by atoms with Crippen LogP contribution in [0.3, 0.4) is 0 Å². The number of hydrogen-bond donors (Lipinski definition) is 6. The number of carboxylic acids is 1. The number of Topliss-reactive ketones (excluding diaryl/α,β-unsaturated/α-hetero) is 1. The molecule has 1 aliphatic carbocycles. The molecule has 5 atom stereocenters. The van der Waals surface area contributed by atoms with E-state index in [4.69, 9.17) is 5.11 Å². The zero-order valence-corrected chi connectivity index (χ0v) is 21.0. The van der Waals surface area contributed by atoms with Crippen molar-refractivity contribution >= 4 is 23.9 Å². The van der Waals surface area contributed by atoms with Gasteiger partial charge in [0.2, 0.25) is 6.04 Å². The Morgan fingerprint density at radius 1 is 1.31 bits per heavy atom. The Morgan fingerprint density at radius 3 is 2.50 bits per heavy atom. The van der Waals surface area contributed by atoms with Crippen LogP contribution in [0, 0.1) is 11.8 Å². The molecular formula is C25H38F2N3O6+. The van der Waals surface area contributed by atoms with Gasteiger partial charge in [-0.15, -0.1) is 0 Å². The van der Waals surface area contributed by atoms with Gasteiger partial charge in [-0.1, -0.05) is 32.4 Å². The molecule has 36 heavy (non-hydrogen) atoms. The van der Waals surface area contributed by atoms with Gasteiger partial charge in [-0.3, -0.25) is 19.7 Å². The molecule has 3 unspecified atom stereocenters. The molecule has 0 spiro atoms. The smallest absolute Gasteiger partial charge is 0.336 e. The maximum absolute atomic E-state index is 14.3. The number of alkyl halides is 2. The van der Waals surface area contributed by atoms with Crippen LogP contribution in [0.15, 0.2) is 36.1 Å². The van der Waals surface area contributed by atoms with E-state index in [1.807, 2.05) is 6.92 Å². The van der Waals surface area contributed by atoms with Crippen LogP contribution >= 0.6 is 0 Å². The van der Waals surface area contributed by atoms with Gasteiger partial charge in [0.25, 0.3) is 5.92 Å². The summed E-state index contributed by atoms with van der Waals surface area (Å²) < 4.78 is 28.7. The zero-order chi connectivity index (χ0) is 27.5. The van der Waals surface area contributed by atoms with Crippen molar-refractivity contribution in [3.05, 3.63) is 36.1 Å². The van der Waals surface area contributed by atoms with Crippen LogP contribution < -0.4 is 15.6 Å². The molecule has 9 nitrogen and oxygen atoms in total. The van der Waals surface area contributed by atoms with E-state index in [9.17, 15) is 33.4 Å². The van der Waals surface area contributed by atoms with Crippen molar-refractivity contribution in [3.8, 4) is 0 Å². The van der Waals surface area contributed by atoms with Gasteiger partial charge in [0.05, 0.1) is 17.9 Å². The number of carboxylic acid groups (broad SMARTS) is 1. The monoisotopic (exact) mass is 514 g/mol. The van der Waals surface area contributed by atoms with Crippen molar-refractivity contribution in [2.24, 2.45) is 11.8 Å². The summed E-state index contributed by atoms with van der Waals surface area (Å²) >= 11 is 0. The van der Waals surface area contributed by atoms with Crippen LogP contribution in [0.1, 0.15) is 52.4 Å². The highest BCUT2D eigenvalue weighted by Crippen LogP contribution is 2.38. The second-order valence-corrected chi connectivity index (χ2v) is 8.92. The van der Waals surface area contributed by atoms with Crippen LogP contribution in [0.4, 0.5) is 8.78 Å². The molecule has 1 rings (SSSR count). The van der Waals surface area contributed by atoms with Crippen molar-refractivity contribution < 1.29 is 43.5 Å². The number of allylic oxidation sites excluding steroid dienone is 4. The van der Waals surface area contributed by atoms with Crippen molar-refractivity contribution in [2.75, 3.05) is 7.05 Å². The van der Waals surface area contributed by atoms with E-state index in [-0.39, 0.29) is 30.1 Å². The zero-order valence-electron chi connectivity index (χ0n) is 21.0. The normalized spacial score (nSPS) is 19.8. The number of carbonyl (C=O) groups is 3. The molecule has 0 aromatic carbocycles. The highest BCUT2D eigenvalue weighted by atomic mass is 19.3.